The van der Waals surface area contributed by atoms with Gasteiger partial charge in [0.05, 0.1) is 25.7 Å². The Labute approximate surface area is 91.5 Å². The van der Waals surface area contributed by atoms with Gasteiger partial charge in [0.1, 0.15) is 0 Å². The minimum Gasteiger partial charge on any atom is -0.469 e. The Morgan fingerprint density at radius 3 is 2.80 bits per heavy atom. The van der Waals surface area contributed by atoms with Crippen LogP contribution in [0.1, 0.15) is 27.2 Å². The number of carbonyl (C=O) groups is 1. The molecule has 4 heteroatoms. The number of esters is 1. The van der Waals surface area contributed by atoms with Crippen molar-refractivity contribution < 1.29 is 14.3 Å². The first-order chi connectivity index (χ1) is 6.94. The summed E-state index contributed by atoms with van der Waals surface area (Å²) in [5, 5.41) is 0. The highest BCUT2D eigenvalue weighted by atomic mass is 16.5. The molecule has 0 aromatic heterocycles. The van der Waals surface area contributed by atoms with Crippen LogP contribution in [0.15, 0.2) is 0 Å². The average Bonchev–Trinajstić information content (AvgIpc) is 2.16. The van der Waals surface area contributed by atoms with Gasteiger partial charge in [-0.3, -0.25) is 9.69 Å². The number of carbonyl (C=O) groups excluding carboxylic acids is 1. The average molecular weight is 215 g/mol. The first kappa shape index (κ1) is 12.5. The monoisotopic (exact) mass is 215 g/mol. The summed E-state index contributed by atoms with van der Waals surface area (Å²) in [4.78, 5) is 13.4. The standard InChI is InChI=1S/C11H21NO3/c1-9(7-10(13)14-4)12-5-6-15-11(2,3)8-12/h9H,5-8H2,1-4H3. The minimum atomic E-state index is -0.146. The number of ether oxygens (including phenoxy) is 2. The van der Waals surface area contributed by atoms with Crippen molar-refractivity contribution in [1.29, 1.82) is 0 Å². The first-order valence-corrected chi connectivity index (χ1v) is 5.39. The van der Waals surface area contributed by atoms with Crippen LogP contribution in [0.25, 0.3) is 0 Å². The molecule has 0 aromatic carbocycles. The van der Waals surface area contributed by atoms with Crippen LogP contribution in [0, 0.1) is 0 Å². The number of methoxy groups -OCH3 is 1. The highest BCUT2D eigenvalue weighted by molar-refractivity contribution is 5.69. The van der Waals surface area contributed by atoms with E-state index in [0.29, 0.717) is 6.42 Å². The zero-order valence-electron chi connectivity index (χ0n) is 10.1. The summed E-state index contributed by atoms with van der Waals surface area (Å²) in [7, 11) is 1.43. The molecule has 0 N–H and O–H groups in total. The van der Waals surface area contributed by atoms with Gasteiger partial charge in [-0.1, -0.05) is 0 Å². The van der Waals surface area contributed by atoms with E-state index in [9.17, 15) is 4.79 Å². The Bertz CT molecular complexity index is 228. The largest absolute Gasteiger partial charge is 0.469 e. The zero-order chi connectivity index (χ0) is 11.5. The molecule has 1 fully saturated rings. The van der Waals surface area contributed by atoms with Crippen molar-refractivity contribution in [3.8, 4) is 0 Å². The number of nitrogens with zero attached hydrogens (tertiary/aromatic N) is 1. The third kappa shape index (κ3) is 3.80. The summed E-state index contributed by atoms with van der Waals surface area (Å²) < 4.78 is 10.3. The molecule has 0 spiro atoms. The molecular formula is C11H21NO3. The zero-order valence-corrected chi connectivity index (χ0v) is 10.1. The van der Waals surface area contributed by atoms with Crippen molar-refractivity contribution in [2.75, 3.05) is 26.8 Å². The van der Waals surface area contributed by atoms with Crippen LogP contribution < -0.4 is 0 Å². The van der Waals surface area contributed by atoms with E-state index in [4.69, 9.17) is 4.74 Å². The fourth-order valence-electron chi connectivity index (χ4n) is 1.88. The molecule has 4 nitrogen and oxygen atoms in total. The molecule has 0 aliphatic carbocycles. The van der Waals surface area contributed by atoms with E-state index in [2.05, 4.69) is 30.4 Å². The van der Waals surface area contributed by atoms with E-state index in [1.165, 1.54) is 7.11 Å². The summed E-state index contributed by atoms with van der Waals surface area (Å²) >= 11 is 0. The van der Waals surface area contributed by atoms with Gasteiger partial charge in [-0.15, -0.1) is 0 Å². The molecule has 1 atom stereocenters. The van der Waals surface area contributed by atoms with Gasteiger partial charge in [0.2, 0.25) is 0 Å². The summed E-state index contributed by atoms with van der Waals surface area (Å²) in [6, 6.07) is 0.223. The normalized spacial score (nSPS) is 23.5. The van der Waals surface area contributed by atoms with Gasteiger partial charge in [-0.2, -0.15) is 0 Å². The van der Waals surface area contributed by atoms with Crippen molar-refractivity contribution in [2.24, 2.45) is 0 Å². The highest BCUT2D eigenvalue weighted by Gasteiger charge is 2.30. The molecule has 1 aliphatic rings. The Morgan fingerprint density at radius 2 is 2.27 bits per heavy atom. The lowest BCUT2D eigenvalue weighted by Gasteiger charge is -2.40. The van der Waals surface area contributed by atoms with Crippen LogP contribution in [0.4, 0.5) is 0 Å². The molecular weight excluding hydrogens is 194 g/mol. The molecule has 1 saturated heterocycles. The van der Waals surface area contributed by atoms with Gasteiger partial charge in [0.25, 0.3) is 0 Å². The van der Waals surface area contributed by atoms with Gasteiger partial charge in [-0.05, 0) is 20.8 Å². The molecule has 1 aliphatic heterocycles. The lowest BCUT2D eigenvalue weighted by Crippen LogP contribution is -2.51. The van der Waals surface area contributed by atoms with Crippen LogP contribution in [-0.2, 0) is 14.3 Å². The van der Waals surface area contributed by atoms with Crippen LogP contribution in [0.5, 0.6) is 0 Å². The van der Waals surface area contributed by atoms with Gasteiger partial charge in [0.15, 0.2) is 0 Å². The summed E-state index contributed by atoms with van der Waals surface area (Å²) in [5.41, 5.74) is -0.109. The predicted octanol–water partition coefficient (Wildman–Crippen LogP) is 1.05. The second kappa shape index (κ2) is 4.94. The first-order valence-electron chi connectivity index (χ1n) is 5.39. The number of rotatable bonds is 3. The maximum Gasteiger partial charge on any atom is 0.307 e. The molecule has 1 rings (SSSR count). The minimum absolute atomic E-state index is 0.109. The molecule has 0 bridgehead atoms. The topological polar surface area (TPSA) is 38.8 Å². The number of morpholine rings is 1. The van der Waals surface area contributed by atoms with Crippen molar-refractivity contribution in [1.82, 2.24) is 4.90 Å². The third-order valence-electron chi connectivity index (χ3n) is 2.77. The quantitative estimate of drug-likeness (QED) is 0.660. The van der Waals surface area contributed by atoms with E-state index in [1.807, 2.05) is 0 Å². The van der Waals surface area contributed by atoms with Crippen molar-refractivity contribution in [3.63, 3.8) is 0 Å². The molecule has 0 amide bonds. The molecule has 0 radical (unpaired) electrons. The van der Waals surface area contributed by atoms with Gasteiger partial charge >= 0.3 is 5.97 Å². The van der Waals surface area contributed by atoms with Crippen molar-refractivity contribution >= 4 is 5.97 Å². The molecule has 1 heterocycles. The second-order valence-electron chi connectivity index (χ2n) is 4.71. The smallest absolute Gasteiger partial charge is 0.307 e. The summed E-state index contributed by atoms with van der Waals surface area (Å²) in [6.07, 6.45) is 0.451. The van der Waals surface area contributed by atoms with E-state index in [-0.39, 0.29) is 17.6 Å². The summed E-state index contributed by atoms with van der Waals surface area (Å²) in [6.45, 7) is 8.69. The predicted molar refractivity (Wildman–Crippen MR) is 57.7 cm³/mol. The molecule has 88 valence electrons. The fraction of sp³-hybridized carbons (Fsp3) is 0.909. The van der Waals surface area contributed by atoms with Crippen molar-refractivity contribution in [3.05, 3.63) is 0 Å². The lowest BCUT2D eigenvalue weighted by molar-refractivity contribution is -0.144. The van der Waals surface area contributed by atoms with Crippen LogP contribution >= 0.6 is 0 Å². The van der Waals surface area contributed by atoms with E-state index >= 15 is 0 Å². The molecule has 15 heavy (non-hydrogen) atoms. The second-order valence-corrected chi connectivity index (χ2v) is 4.71. The van der Waals surface area contributed by atoms with Gasteiger partial charge in [0, 0.05) is 19.1 Å². The Hall–Kier alpha value is -0.610. The maximum atomic E-state index is 11.1. The van der Waals surface area contributed by atoms with Crippen LogP contribution in [0.3, 0.4) is 0 Å². The Kier molecular flexibility index (Phi) is 4.11. The Balaban J connectivity index is 2.45. The number of hydrogen-bond donors (Lipinski definition) is 0. The lowest BCUT2D eigenvalue weighted by atomic mass is 10.0. The Morgan fingerprint density at radius 1 is 1.60 bits per heavy atom. The summed E-state index contributed by atoms with van der Waals surface area (Å²) in [5.74, 6) is -0.146. The van der Waals surface area contributed by atoms with E-state index in [1.54, 1.807) is 0 Å². The van der Waals surface area contributed by atoms with Gasteiger partial charge in [-0.25, -0.2) is 0 Å². The third-order valence-corrected chi connectivity index (χ3v) is 2.77. The fourth-order valence-corrected chi connectivity index (χ4v) is 1.88. The van der Waals surface area contributed by atoms with Crippen molar-refractivity contribution in [2.45, 2.75) is 38.8 Å². The SMILES string of the molecule is COC(=O)CC(C)N1CCOC(C)(C)C1. The number of hydrogen-bond acceptors (Lipinski definition) is 4. The van der Waals surface area contributed by atoms with Crippen LogP contribution in [-0.4, -0.2) is 49.3 Å². The molecule has 0 aromatic rings. The molecule has 0 saturated carbocycles. The van der Waals surface area contributed by atoms with Crippen LogP contribution in [0.2, 0.25) is 0 Å². The highest BCUT2D eigenvalue weighted by Crippen LogP contribution is 2.19. The van der Waals surface area contributed by atoms with E-state index < -0.39 is 0 Å². The maximum absolute atomic E-state index is 11.1. The van der Waals surface area contributed by atoms with Gasteiger partial charge < -0.3 is 9.47 Å². The molecule has 1 unspecified atom stereocenters. The van der Waals surface area contributed by atoms with E-state index in [0.717, 1.165) is 19.7 Å².